The van der Waals surface area contributed by atoms with E-state index in [0.717, 1.165) is 12.1 Å². The van der Waals surface area contributed by atoms with Gasteiger partial charge < -0.3 is 14.8 Å². The summed E-state index contributed by atoms with van der Waals surface area (Å²) in [5.41, 5.74) is 0.0519. The largest absolute Gasteiger partial charge is 0.478 e. The number of carboxylic acid groups (broad SMARTS) is 1. The Bertz CT molecular complexity index is 694. The van der Waals surface area contributed by atoms with Crippen LogP contribution in [0, 0.1) is 19.7 Å². The van der Waals surface area contributed by atoms with Crippen molar-refractivity contribution < 1.29 is 23.5 Å². The van der Waals surface area contributed by atoms with Crippen LogP contribution in [0.1, 0.15) is 32.5 Å². The van der Waals surface area contributed by atoms with Crippen LogP contribution in [0.25, 0.3) is 0 Å². The zero-order valence-corrected chi connectivity index (χ0v) is 10.7. The van der Waals surface area contributed by atoms with E-state index in [-0.39, 0.29) is 11.4 Å². The van der Waals surface area contributed by atoms with Crippen molar-refractivity contribution >= 4 is 17.6 Å². The first-order chi connectivity index (χ1) is 9.38. The number of hydrogen-bond acceptors (Lipinski definition) is 4. The summed E-state index contributed by atoms with van der Waals surface area (Å²) in [7, 11) is 0. The molecule has 0 aliphatic rings. The first kappa shape index (κ1) is 13.7. The molecule has 0 spiro atoms. The minimum Gasteiger partial charge on any atom is -0.478 e. The lowest BCUT2D eigenvalue weighted by molar-refractivity contribution is 0.0691. The van der Waals surface area contributed by atoms with Crippen LogP contribution >= 0.6 is 0 Å². The standard InChI is InChI=1S/C13H11FN2O4/c1-6-11(20-7(2)15-6)12(17)16-8-3-4-10(14)9(5-8)13(18)19/h3-5H,1-2H3,(H,16,17)(H,18,19). The van der Waals surface area contributed by atoms with Gasteiger partial charge in [0.05, 0.1) is 11.3 Å². The number of amides is 1. The maximum Gasteiger partial charge on any atom is 0.338 e. The number of aromatic carboxylic acids is 1. The molecule has 1 aromatic heterocycles. The topological polar surface area (TPSA) is 92.4 Å². The molecule has 1 heterocycles. The molecule has 0 unspecified atom stereocenters. The van der Waals surface area contributed by atoms with E-state index in [0.29, 0.717) is 11.6 Å². The number of halogens is 1. The van der Waals surface area contributed by atoms with Crippen molar-refractivity contribution in [3.8, 4) is 0 Å². The van der Waals surface area contributed by atoms with Gasteiger partial charge in [-0.1, -0.05) is 0 Å². The predicted octanol–water partition coefficient (Wildman–Crippen LogP) is 2.38. The number of benzene rings is 1. The maximum atomic E-state index is 13.2. The second-order valence-corrected chi connectivity index (χ2v) is 4.10. The Balaban J connectivity index is 2.26. The van der Waals surface area contributed by atoms with E-state index < -0.39 is 23.3 Å². The molecule has 7 heteroatoms. The molecule has 0 fully saturated rings. The number of rotatable bonds is 3. The molecule has 2 N–H and O–H groups in total. The third-order valence-electron chi connectivity index (χ3n) is 2.56. The summed E-state index contributed by atoms with van der Waals surface area (Å²) >= 11 is 0. The van der Waals surface area contributed by atoms with Gasteiger partial charge in [-0.05, 0) is 25.1 Å². The number of carboxylic acids is 1. The second-order valence-electron chi connectivity index (χ2n) is 4.10. The Labute approximate surface area is 113 Å². The molecule has 0 aliphatic heterocycles. The Hall–Kier alpha value is -2.70. The molecule has 104 valence electrons. The average molecular weight is 278 g/mol. The molecule has 0 bridgehead atoms. The van der Waals surface area contributed by atoms with Gasteiger partial charge in [-0.3, -0.25) is 4.79 Å². The number of carbonyl (C=O) groups excluding carboxylic acids is 1. The van der Waals surface area contributed by atoms with Crippen molar-refractivity contribution in [1.82, 2.24) is 4.98 Å². The number of aromatic nitrogens is 1. The molecule has 2 aromatic rings. The van der Waals surface area contributed by atoms with Crippen molar-refractivity contribution in [3.05, 3.63) is 46.9 Å². The van der Waals surface area contributed by atoms with Gasteiger partial charge in [0.25, 0.3) is 5.91 Å². The second kappa shape index (κ2) is 5.12. The summed E-state index contributed by atoms with van der Waals surface area (Å²) in [6.07, 6.45) is 0. The number of carbonyl (C=O) groups is 2. The number of hydrogen-bond donors (Lipinski definition) is 2. The van der Waals surface area contributed by atoms with Crippen LogP contribution in [0.5, 0.6) is 0 Å². The summed E-state index contributed by atoms with van der Waals surface area (Å²) in [4.78, 5) is 26.7. The van der Waals surface area contributed by atoms with Crippen molar-refractivity contribution in [2.75, 3.05) is 5.32 Å². The van der Waals surface area contributed by atoms with E-state index in [9.17, 15) is 14.0 Å². The summed E-state index contributed by atoms with van der Waals surface area (Å²) in [6.45, 7) is 3.21. The van der Waals surface area contributed by atoms with Gasteiger partial charge in [0.2, 0.25) is 5.76 Å². The Kier molecular flexibility index (Phi) is 3.51. The molecule has 0 atom stereocenters. The molecule has 0 saturated carbocycles. The van der Waals surface area contributed by atoms with E-state index in [4.69, 9.17) is 9.52 Å². The highest BCUT2D eigenvalue weighted by molar-refractivity contribution is 6.03. The quantitative estimate of drug-likeness (QED) is 0.899. The zero-order valence-electron chi connectivity index (χ0n) is 10.7. The fraction of sp³-hybridized carbons (Fsp3) is 0.154. The lowest BCUT2D eigenvalue weighted by Gasteiger charge is -2.05. The number of nitrogens with zero attached hydrogens (tertiary/aromatic N) is 1. The molecule has 6 nitrogen and oxygen atoms in total. The smallest absolute Gasteiger partial charge is 0.338 e. The lowest BCUT2D eigenvalue weighted by atomic mass is 10.2. The van der Waals surface area contributed by atoms with Gasteiger partial charge in [-0.15, -0.1) is 0 Å². The molecule has 0 radical (unpaired) electrons. The van der Waals surface area contributed by atoms with Gasteiger partial charge in [0, 0.05) is 12.6 Å². The SMILES string of the molecule is Cc1nc(C)c(C(=O)Nc2ccc(F)c(C(=O)O)c2)o1. The lowest BCUT2D eigenvalue weighted by Crippen LogP contribution is -2.13. The highest BCUT2D eigenvalue weighted by Gasteiger charge is 2.17. The molecule has 0 aliphatic carbocycles. The fourth-order valence-corrected chi connectivity index (χ4v) is 1.70. The molecule has 1 amide bonds. The highest BCUT2D eigenvalue weighted by Crippen LogP contribution is 2.17. The van der Waals surface area contributed by atoms with Crippen LogP contribution < -0.4 is 5.32 Å². The maximum absolute atomic E-state index is 13.2. The Morgan fingerprint density at radius 1 is 1.35 bits per heavy atom. The van der Waals surface area contributed by atoms with E-state index in [2.05, 4.69) is 10.3 Å². The van der Waals surface area contributed by atoms with Crippen LogP contribution in [-0.4, -0.2) is 22.0 Å². The van der Waals surface area contributed by atoms with Gasteiger partial charge in [0.1, 0.15) is 5.82 Å². The van der Waals surface area contributed by atoms with Gasteiger partial charge in [0.15, 0.2) is 5.89 Å². The number of anilines is 1. The van der Waals surface area contributed by atoms with Gasteiger partial charge in [-0.2, -0.15) is 0 Å². The van der Waals surface area contributed by atoms with Crippen LogP contribution in [0.3, 0.4) is 0 Å². The van der Waals surface area contributed by atoms with Crippen LogP contribution in [0.2, 0.25) is 0 Å². The van der Waals surface area contributed by atoms with E-state index in [1.807, 2.05) is 0 Å². The first-order valence-electron chi connectivity index (χ1n) is 5.66. The van der Waals surface area contributed by atoms with Crippen LogP contribution in [0.4, 0.5) is 10.1 Å². The van der Waals surface area contributed by atoms with Crippen molar-refractivity contribution in [1.29, 1.82) is 0 Å². The average Bonchev–Trinajstić information content (AvgIpc) is 2.70. The first-order valence-corrected chi connectivity index (χ1v) is 5.66. The molecule has 1 aromatic carbocycles. The molecular formula is C13H11FN2O4. The van der Waals surface area contributed by atoms with Crippen LogP contribution in [-0.2, 0) is 0 Å². The molecule has 20 heavy (non-hydrogen) atoms. The third-order valence-corrected chi connectivity index (χ3v) is 2.56. The molecule has 0 saturated heterocycles. The third kappa shape index (κ3) is 2.66. The number of nitrogens with one attached hydrogen (secondary N) is 1. The van der Waals surface area contributed by atoms with Crippen LogP contribution in [0.15, 0.2) is 22.6 Å². The molecular weight excluding hydrogens is 267 g/mol. The van der Waals surface area contributed by atoms with E-state index in [1.165, 1.54) is 6.07 Å². The minimum atomic E-state index is -1.41. The van der Waals surface area contributed by atoms with E-state index >= 15 is 0 Å². The summed E-state index contributed by atoms with van der Waals surface area (Å²) in [5, 5.41) is 11.2. The zero-order chi connectivity index (χ0) is 14.9. The monoisotopic (exact) mass is 278 g/mol. The summed E-state index contributed by atoms with van der Waals surface area (Å²) < 4.78 is 18.4. The number of oxazole rings is 1. The van der Waals surface area contributed by atoms with E-state index in [1.54, 1.807) is 13.8 Å². The van der Waals surface area contributed by atoms with Gasteiger partial charge in [-0.25, -0.2) is 14.2 Å². The minimum absolute atomic E-state index is 0.0312. The molecule has 2 rings (SSSR count). The summed E-state index contributed by atoms with van der Waals surface area (Å²) in [6, 6.07) is 3.27. The Morgan fingerprint density at radius 2 is 2.05 bits per heavy atom. The van der Waals surface area contributed by atoms with Crippen molar-refractivity contribution in [2.24, 2.45) is 0 Å². The van der Waals surface area contributed by atoms with Crippen molar-refractivity contribution in [3.63, 3.8) is 0 Å². The van der Waals surface area contributed by atoms with Crippen molar-refractivity contribution in [2.45, 2.75) is 13.8 Å². The highest BCUT2D eigenvalue weighted by atomic mass is 19.1. The fourth-order valence-electron chi connectivity index (χ4n) is 1.70. The predicted molar refractivity (Wildman–Crippen MR) is 67.3 cm³/mol. The summed E-state index contributed by atoms with van der Waals surface area (Å²) in [5.74, 6) is -2.49. The van der Waals surface area contributed by atoms with Gasteiger partial charge >= 0.3 is 5.97 Å². The number of aryl methyl sites for hydroxylation is 2. The Morgan fingerprint density at radius 3 is 2.60 bits per heavy atom. The normalized spacial score (nSPS) is 10.3.